The second-order valence-electron chi connectivity index (χ2n) is 6.40. The summed E-state index contributed by atoms with van der Waals surface area (Å²) in [5, 5.41) is 0.459. The molecule has 28 heavy (non-hydrogen) atoms. The van der Waals surface area contributed by atoms with Gasteiger partial charge in [-0.05, 0) is 38.4 Å². The molecule has 8 heteroatoms. The number of amides is 1. The largest absolute Gasteiger partial charge is 0.497 e. The smallest absolute Gasteiger partial charge is 0.266 e. The predicted molar refractivity (Wildman–Crippen MR) is 109 cm³/mol. The fourth-order valence-corrected chi connectivity index (χ4v) is 3.58. The van der Waals surface area contributed by atoms with E-state index in [1.807, 2.05) is 19.0 Å². The monoisotopic (exact) mass is 403 g/mol. The number of carbonyl (C=O) groups excluding carboxylic acids is 1. The lowest BCUT2D eigenvalue weighted by Crippen LogP contribution is -2.39. The third-order valence-corrected chi connectivity index (χ3v) is 5.11. The van der Waals surface area contributed by atoms with Gasteiger partial charge in [0.05, 0.1) is 11.8 Å². The number of likely N-dealkylation sites (N-methyl/N-ethyl adjacent to an activating group) is 1. The van der Waals surface area contributed by atoms with Crippen LogP contribution in [0.15, 0.2) is 42.5 Å². The lowest BCUT2D eigenvalue weighted by atomic mass is 10.3. The van der Waals surface area contributed by atoms with Gasteiger partial charge in [0.15, 0.2) is 11.7 Å². The molecule has 1 heterocycles. The van der Waals surface area contributed by atoms with Crippen molar-refractivity contribution in [3.63, 3.8) is 0 Å². The lowest BCUT2D eigenvalue weighted by molar-refractivity contribution is -0.120. The van der Waals surface area contributed by atoms with Crippen LogP contribution in [0.1, 0.15) is 0 Å². The summed E-state index contributed by atoms with van der Waals surface area (Å²) in [5.41, 5.74) is 0.277. The number of hydrogen-bond acceptors (Lipinski definition) is 6. The van der Waals surface area contributed by atoms with Crippen LogP contribution in [-0.4, -0.2) is 56.7 Å². The van der Waals surface area contributed by atoms with Gasteiger partial charge in [-0.15, -0.1) is 0 Å². The van der Waals surface area contributed by atoms with Crippen molar-refractivity contribution >= 4 is 32.6 Å². The van der Waals surface area contributed by atoms with Crippen LogP contribution in [-0.2, 0) is 4.79 Å². The van der Waals surface area contributed by atoms with Crippen LogP contribution < -0.4 is 14.4 Å². The Morgan fingerprint density at radius 2 is 1.89 bits per heavy atom. The maximum atomic E-state index is 14.0. The predicted octanol–water partition coefficient (Wildman–Crippen LogP) is 3.42. The van der Waals surface area contributed by atoms with Gasteiger partial charge >= 0.3 is 0 Å². The van der Waals surface area contributed by atoms with Gasteiger partial charge in [0, 0.05) is 19.2 Å². The van der Waals surface area contributed by atoms with Crippen LogP contribution in [0.4, 0.5) is 9.52 Å². The van der Waals surface area contributed by atoms with E-state index in [4.69, 9.17) is 9.47 Å². The summed E-state index contributed by atoms with van der Waals surface area (Å²) >= 11 is 1.29. The molecule has 3 aromatic rings. The molecule has 0 N–H and O–H groups in total. The molecule has 0 bridgehead atoms. The summed E-state index contributed by atoms with van der Waals surface area (Å²) in [6.07, 6.45) is 0. The van der Waals surface area contributed by atoms with E-state index in [2.05, 4.69) is 4.98 Å². The molecule has 0 unspecified atom stereocenters. The number of hydrogen-bond donors (Lipinski definition) is 0. The van der Waals surface area contributed by atoms with Crippen LogP contribution in [0.3, 0.4) is 0 Å². The van der Waals surface area contributed by atoms with E-state index in [1.165, 1.54) is 17.4 Å². The Morgan fingerprint density at radius 1 is 1.14 bits per heavy atom. The van der Waals surface area contributed by atoms with Crippen molar-refractivity contribution in [2.24, 2.45) is 0 Å². The summed E-state index contributed by atoms with van der Waals surface area (Å²) in [6, 6.07) is 11.9. The third kappa shape index (κ3) is 4.76. The van der Waals surface area contributed by atoms with Gasteiger partial charge in [0.25, 0.3) is 5.91 Å². The molecular weight excluding hydrogens is 381 g/mol. The van der Waals surface area contributed by atoms with Crippen LogP contribution in [0, 0.1) is 5.82 Å². The maximum absolute atomic E-state index is 14.0. The highest BCUT2D eigenvalue weighted by molar-refractivity contribution is 7.22. The summed E-state index contributed by atoms with van der Waals surface area (Å²) < 4.78 is 25.5. The van der Waals surface area contributed by atoms with E-state index >= 15 is 0 Å². The first kappa shape index (κ1) is 20.0. The molecule has 0 aliphatic heterocycles. The Bertz CT molecular complexity index is 961. The maximum Gasteiger partial charge on any atom is 0.266 e. The van der Waals surface area contributed by atoms with Crippen molar-refractivity contribution in [3.05, 3.63) is 48.3 Å². The quantitative estimate of drug-likeness (QED) is 0.577. The van der Waals surface area contributed by atoms with E-state index in [9.17, 15) is 9.18 Å². The fourth-order valence-electron chi connectivity index (χ4n) is 2.56. The zero-order chi connectivity index (χ0) is 20.1. The Hall–Kier alpha value is -2.71. The van der Waals surface area contributed by atoms with Crippen molar-refractivity contribution in [2.45, 2.75) is 0 Å². The summed E-state index contributed by atoms with van der Waals surface area (Å²) in [7, 11) is 5.42. The minimum absolute atomic E-state index is 0.154. The molecular formula is C20H22FN3O3S. The normalized spacial score (nSPS) is 11.0. The molecule has 2 aromatic carbocycles. The van der Waals surface area contributed by atoms with Gasteiger partial charge in [0.1, 0.15) is 22.8 Å². The first-order valence-electron chi connectivity index (χ1n) is 8.75. The molecule has 0 fully saturated rings. The number of nitrogens with zero attached hydrogens (tertiary/aromatic N) is 3. The van der Waals surface area contributed by atoms with Crippen molar-refractivity contribution in [1.29, 1.82) is 0 Å². The molecule has 0 aliphatic carbocycles. The van der Waals surface area contributed by atoms with Gasteiger partial charge < -0.3 is 14.4 Å². The standard InChI is InChI=1S/C20H22FN3O3S/c1-23(2)10-11-24(20-22-19-16(21)8-5-9-17(19)28-20)18(25)13-27-15-7-4-6-14(12-15)26-3/h4-9,12H,10-11,13H2,1-3H3. The number of carbonyl (C=O) groups is 1. The van der Waals surface area contributed by atoms with Gasteiger partial charge in [-0.25, -0.2) is 9.37 Å². The first-order chi connectivity index (χ1) is 13.5. The van der Waals surface area contributed by atoms with E-state index in [1.54, 1.807) is 48.4 Å². The van der Waals surface area contributed by atoms with E-state index in [0.29, 0.717) is 34.4 Å². The van der Waals surface area contributed by atoms with E-state index in [0.717, 1.165) is 0 Å². The van der Waals surface area contributed by atoms with Crippen LogP contribution in [0.2, 0.25) is 0 Å². The van der Waals surface area contributed by atoms with Gasteiger partial charge in [-0.2, -0.15) is 0 Å². The number of anilines is 1. The van der Waals surface area contributed by atoms with Crippen LogP contribution >= 0.6 is 11.3 Å². The highest BCUT2D eigenvalue weighted by Gasteiger charge is 2.21. The molecule has 0 saturated carbocycles. The highest BCUT2D eigenvalue weighted by atomic mass is 32.1. The highest BCUT2D eigenvalue weighted by Crippen LogP contribution is 2.30. The van der Waals surface area contributed by atoms with Crippen molar-refractivity contribution in [3.8, 4) is 11.5 Å². The summed E-state index contributed by atoms with van der Waals surface area (Å²) in [4.78, 5) is 20.7. The topological polar surface area (TPSA) is 54.9 Å². The molecule has 0 saturated heterocycles. The van der Waals surface area contributed by atoms with E-state index in [-0.39, 0.29) is 18.0 Å². The van der Waals surface area contributed by atoms with Crippen molar-refractivity contribution < 1.29 is 18.7 Å². The van der Waals surface area contributed by atoms with E-state index < -0.39 is 5.82 Å². The van der Waals surface area contributed by atoms with Gasteiger partial charge in [-0.3, -0.25) is 9.69 Å². The third-order valence-electron chi connectivity index (χ3n) is 4.06. The number of rotatable bonds is 8. The number of aromatic nitrogens is 1. The summed E-state index contributed by atoms with van der Waals surface area (Å²) in [6.45, 7) is 0.914. The molecule has 0 radical (unpaired) electrons. The molecule has 3 rings (SSSR count). The van der Waals surface area contributed by atoms with Crippen LogP contribution in [0.25, 0.3) is 10.2 Å². The van der Waals surface area contributed by atoms with Crippen LogP contribution in [0.5, 0.6) is 11.5 Å². The van der Waals surface area contributed by atoms with Gasteiger partial charge in [-0.1, -0.05) is 23.5 Å². The molecule has 1 amide bonds. The second-order valence-corrected chi connectivity index (χ2v) is 7.41. The first-order valence-corrected chi connectivity index (χ1v) is 9.56. The minimum atomic E-state index is -0.396. The van der Waals surface area contributed by atoms with Gasteiger partial charge in [0.2, 0.25) is 0 Å². The average Bonchev–Trinajstić information content (AvgIpc) is 3.12. The Kier molecular flexibility index (Phi) is 6.43. The molecule has 6 nitrogen and oxygen atoms in total. The molecule has 0 aliphatic rings. The molecule has 0 atom stereocenters. The number of thiazole rings is 1. The molecule has 148 valence electrons. The Labute approximate surface area is 167 Å². The number of benzene rings is 2. The second kappa shape index (κ2) is 8.99. The Morgan fingerprint density at radius 3 is 2.61 bits per heavy atom. The average molecular weight is 403 g/mol. The summed E-state index contributed by atoms with van der Waals surface area (Å²) in [5.74, 6) is 0.545. The zero-order valence-corrected chi connectivity index (χ0v) is 16.8. The van der Waals surface area contributed by atoms with Crippen molar-refractivity contribution in [1.82, 2.24) is 9.88 Å². The van der Waals surface area contributed by atoms with Crippen molar-refractivity contribution in [2.75, 3.05) is 45.8 Å². The SMILES string of the molecule is COc1cccc(OCC(=O)N(CCN(C)C)c2nc3c(F)cccc3s2)c1. The minimum Gasteiger partial charge on any atom is -0.497 e. The molecule has 0 spiro atoms. The fraction of sp³-hybridized carbons (Fsp3) is 0.300. The number of halogens is 1. The number of fused-ring (bicyclic) bond motifs is 1. The Balaban J connectivity index is 1.79. The number of methoxy groups -OCH3 is 1. The molecule has 1 aromatic heterocycles. The number of ether oxygens (including phenoxy) is 2. The number of para-hydroxylation sites is 1. The zero-order valence-electron chi connectivity index (χ0n) is 16.0. The lowest BCUT2D eigenvalue weighted by Gasteiger charge is -2.22.